The van der Waals surface area contributed by atoms with Crippen LogP contribution < -0.4 is 11.1 Å². The van der Waals surface area contributed by atoms with Gasteiger partial charge in [0.25, 0.3) is 0 Å². The van der Waals surface area contributed by atoms with Gasteiger partial charge in [0.1, 0.15) is 5.75 Å². The van der Waals surface area contributed by atoms with Crippen LogP contribution in [0.2, 0.25) is 0 Å². The van der Waals surface area contributed by atoms with Gasteiger partial charge in [-0.3, -0.25) is 4.79 Å². The lowest BCUT2D eigenvalue weighted by Gasteiger charge is -2.18. The number of nitrogens with one attached hydrogen (secondary N) is 1. The number of fused-ring (bicyclic) bond motifs is 1. The average Bonchev–Trinajstić information content (AvgIpc) is 2.46. The number of rotatable bonds is 4. The Bertz CT molecular complexity index is 625. The number of aromatic hydroxyl groups is 1. The van der Waals surface area contributed by atoms with Gasteiger partial charge in [0.15, 0.2) is 0 Å². The Morgan fingerprint density at radius 1 is 1.25 bits per heavy atom. The number of hydrogen-bond acceptors (Lipinski definition) is 3. The summed E-state index contributed by atoms with van der Waals surface area (Å²) in [6.07, 6.45) is 0.852. The summed E-state index contributed by atoms with van der Waals surface area (Å²) in [5.41, 5.74) is 6.60. The maximum atomic E-state index is 12.1. The lowest BCUT2D eigenvalue weighted by molar-refractivity contribution is -0.118. The van der Waals surface area contributed by atoms with Crippen LogP contribution in [0.1, 0.15) is 20.3 Å². The summed E-state index contributed by atoms with van der Waals surface area (Å²) in [4.78, 5) is 12.1. The van der Waals surface area contributed by atoms with Crippen molar-refractivity contribution < 1.29 is 9.90 Å². The predicted octanol–water partition coefficient (Wildman–Crippen LogP) is 2.86. The first-order valence-corrected chi connectivity index (χ1v) is 6.81. The summed E-state index contributed by atoms with van der Waals surface area (Å²) >= 11 is 0. The second kappa shape index (κ2) is 5.92. The van der Waals surface area contributed by atoms with Crippen molar-refractivity contribution in [2.45, 2.75) is 26.3 Å². The summed E-state index contributed by atoms with van der Waals surface area (Å²) in [6.45, 7) is 3.97. The molecule has 0 bridgehead atoms. The Morgan fingerprint density at radius 2 is 1.90 bits per heavy atom. The molecule has 0 aliphatic heterocycles. The zero-order chi connectivity index (χ0) is 14.7. The Kier molecular flexibility index (Phi) is 4.25. The van der Waals surface area contributed by atoms with E-state index in [1.54, 1.807) is 18.2 Å². The maximum Gasteiger partial charge on any atom is 0.241 e. The van der Waals surface area contributed by atoms with Crippen molar-refractivity contribution in [2.75, 3.05) is 5.32 Å². The van der Waals surface area contributed by atoms with Crippen LogP contribution in [0.25, 0.3) is 10.8 Å². The number of benzene rings is 2. The van der Waals surface area contributed by atoms with Crippen LogP contribution in [-0.4, -0.2) is 17.1 Å². The smallest absolute Gasteiger partial charge is 0.241 e. The zero-order valence-electron chi connectivity index (χ0n) is 11.8. The molecule has 2 rings (SSSR count). The fraction of sp³-hybridized carbons (Fsp3) is 0.312. The molecule has 20 heavy (non-hydrogen) atoms. The first-order valence-electron chi connectivity index (χ1n) is 6.81. The van der Waals surface area contributed by atoms with Crippen molar-refractivity contribution in [2.24, 2.45) is 11.7 Å². The highest BCUT2D eigenvalue weighted by Gasteiger charge is 2.20. The van der Waals surface area contributed by atoms with E-state index >= 15 is 0 Å². The SMILES string of the molecule is CCC(C)[C@H](N)C(=O)Nc1cccc2c(O)cccc12. The van der Waals surface area contributed by atoms with Crippen LogP contribution in [0.15, 0.2) is 36.4 Å². The molecule has 0 fully saturated rings. The van der Waals surface area contributed by atoms with Gasteiger partial charge < -0.3 is 16.2 Å². The number of amides is 1. The molecule has 4 N–H and O–H groups in total. The first kappa shape index (κ1) is 14.3. The van der Waals surface area contributed by atoms with Crippen LogP contribution in [0.3, 0.4) is 0 Å². The van der Waals surface area contributed by atoms with Gasteiger partial charge in [0, 0.05) is 16.5 Å². The van der Waals surface area contributed by atoms with Crippen LogP contribution >= 0.6 is 0 Å². The van der Waals surface area contributed by atoms with Gasteiger partial charge in [0.2, 0.25) is 5.91 Å². The Hall–Kier alpha value is -2.07. The van der Waals surface area contributed by atoms with Crippen molar-refractivity contribution in [3.8, 4) is 5.75 Å². The van der Waals surface area contributed by atoms with Gasteiger partial charge in [-0.15, -0.1) is 0 Å². The highest BCUT2D eigenvalue weighted by atomic mass is 16.3. The van der Waals surface area contributed by atoms with Crippen molar-refractivity contribution >= 4 is 22.4 Å². The van der Waals surface area contributed by atoms with E-state index in [4.69, 9.17) is 5.73 Å². The summed E-state index contributed by atoms with van der Waals surface area (Å²) in [6, 6.07) is 10.1. The zero-order valence-corrected chi connectivity index (χ0v) is 11.8. The van der Waals surface area contributed by atoms with Crippen molar-refractivity contribution in [3.63, 3.8) is 0 Å². The molecule has 4 nitrogen and oxygen atoms in total. The van der Waals surface area contributed by atoms with E-state index in [2.05, 4.69) is 5.32 Å². The van der Waals surface area contributed by atoms with E-state index in [1.807, 2.05) is 32.0 Å². The van der Waals surface area contributed by atoms with E-state index in [1.165, 1.54) is 0 Å². The van der Waals surface area contributed by atoms with Gasteiger partial charge in [-0.2, -0.15) is 0 Å². The number of anilines is 1. The predicted molar refractivity (Wildman–Crippen MR) is 81.7 cm³/mol. The van der Waals surface area contributed by atoms with E-state index in [0.717, 1.165) is 11.8 Å². The highest BCUT2D eigenvalue weighted by Crippen LogP contribution is 2.29. The first-order chi connectivity index (χ1) is 9.54. The second-order valence-corrected chi connectivity index (χ2v) is 5.08. The summed E-state index contributed by atoms with van der Waals surface area (Å²) in [5.74, 6) is 0.124. The molecular weight excluding hydrogens is 252 g/mol. The fourth-order valence-electron chi connectivity index (χ4n) is 2.13. The molecule has 4 heteroatoms. The van der Waals surface area contributed by atoms with Crippen molar-refractivity contribution in [1.82, 2.24) is 0 Å². The second-order valence-electron chi connectivity index (χ2n) is 5.08. The van der Waals surface area contributed by atoms with E-state index in [9.17, 15) is 9.90 Å². The van der Waals surface area contributed by atoms with Crippen LogP contribution in [0.4, 0.5) is 5.69 Å². The molecule has 1 amide bonds. The monoisotopic (exact) mass is 272 g/mol. The van der Waals surface area contributed by atoms with Crippen LogP contribution in [0, 0.1) is 5.92 Å². The third-order valence-electron chi connectivity index (χ3n) is 3.72. The number of phenolic OH excluding ortho intramolecular Hbond substituents is 1. The normalized spacial score (nSPS) is 13.9. The number of hydrogen-bond donors (Lipinski definition) is 3. The molecule has 0 saturated heterocycles. The van der Waals surface area contributed by atoms with Gasteiger partial charge >= 0.3 is 0 Å². The molecule has 1 unspecified atom stereocenters. The Labute approximate surface area is 118 Å². The summed E-state index contributed by atoms with van der Waals surface area (Å²) in [5, 5.41) is 14.2. The molecular formula is C16H20N2O2. The third kappa shape index (κ3) is 2.75. The summed E-state index contributed by atoms with van der Waals surface area (Å²) in [7, 11) is 0. The fourth-order valence-corrected chi connectivity index (χ4v) is 2.13. The van der Waals surface area contributed by atoms with Gasteiger partial charge in [-0.25, -0.2) is 0 Å². The Balaban J connectivity index is 2.31. The molecule has 0 radical (unpaired) electrons. The van der Waals surface area contributed by atoms with Crippen LogP contribution in [0.5, 0.6) is 5.75 Å². The quantitative estimate of drug-likeness (QED) is 0.801. The molecule has 0 aliphatic rings. The minimum absolute atomic E-state index is 0.123. The molecule has 2 atom stereocenters. The van der Waals surface area contributed by atoms with E-state index in [-0.39, 0.29) is 17.6 Å². The lowest BCUT2D eigenvalue weighted by atomic mass is 9.99. The molecule has 0 saturated carbocycles. The third-order valence-corrected chi connectivity index (χ3v) is 3.72. The minimum atomic E-state index is -0.535. The lowest BCUT2D eigenvalue weighted by Crippen LogP contribution is -2.40. The Morgan fingerprint density at radius 3 is 2.60 bits per heavy atom. The van der Waals surface area contributed by atoms with E-state index in [0.29, 0.717) is 11.1 Å². The van der Waals surface area contributed by atoms with Crippen LogP contribution in [-0.2, 0) is 4.79 Å². The maximum absolute atomic E-state index is 12.1. The van der Waals surface area contributed by atoms with Gasteiger partial charge in [-0.05, 0) is 18.1 Å². The minimum Gasteiger partial charge on any atom is -0.507 e. The average molecular weight is 272 g/mol. The number of phenols is 1. The molecule has 0 spiro atoms. The molecule has 106 valence electrons. The number of carbonyl (C=O) groups is 1. The number of carbonyl (C=O) groups excluding carboxylic acids is 1. The number of nitrogens with two attached hydrogens (primary N) is 1. The molecule has 0 heterocycles. The topological polar surface area (TPSA) is 75.4 Å². The highest BCUT2D eigenvalue weighted by molar-refractivity contribution is 6.05. The largest absolute Gasteiger partial charge is 0.507 e. The molecule has 0 aromatic heterocycles. The molecule has 2 aromatic carbocycles. The van der Waals surface area contributed by atoms with Gasteiger partial charge in [0.05, 0.1) is 6.04 Å². The summed E-state index contributed by atoms with van der Waals surface area (Å²) < 4.78 is 0. The molecule has 0 aliphatic carbocycles. The van der Waals surface area contributed by atoms with Crippen molar-refractivity contribution in [1.29, 1.82) is 0 Å². The van der Waals surface area contributed by atoms with E-state index < -0.39 is 6.04 Å². The molecule has 2 aromatic rings. The van der Waals surface area contributed by atoms with Gasteiger partial charge in [-0.1, -0.05) is 44.5 Å². The standard InChI is InChI=1S/C16H20N2O2/c1-3-10(2)15(17)16(20)18-13-8-4-7-12-11(13)6-5-9-14(12)19/h4-10,15,19H,3,17H2,1-2H3,(H,18,20)/t10?,15-/m0/s1. The van der Waals surface area contributed by atoms with Crippen molar-refractivity contribution in [3.05, 3.63) is 36.4 Å².